The van der Waals surface area contributed by atoms with Gasteiger partial charge >= 0.3 is 6.03 Å². The average molecular weight is 346 g/mol. The summed E-state index contributed by atoms with van der Waals surface area (Å²) in [7, 11) is 0. The highest BCUT2D eigenvalue weighted by Crippen LogP contribution is 2.28. The maximum absolute atomic E-state index is 12.1. The molecule has 0 spiro atoms. The minimum atomic E-state index is -0.189. The summed E-state index contributed by atoms with van der Waals surface area (Å²) in [6.07, 6.45) is 9.52. The van der Waals surface area contributed by atoms with Crippen molar-refractivity contribution in [3.8, 4) is 10.4 Å². The molecule has 2 aromatic rings. The summed E-state index contributed by atoms with van der Waals surface area (Å²) in [6.45, 7) is 2.78. The zero-order chi connectivity index (χ0) is 16.8. The van der Waals surface area contributed by atoms with E-state index in [2.05, 4.69) is 20.6 Å². The van der Waals surface area contributed by atoms with Gasteiger partial charge in [0.15, 0.2) is 5.13 Å². The number of amides is 2. The van der Waals surface area contributed by atoms with Crippen LogP contribution in [0.4, 0.5) is 9.93 Å². The van der Waals surface area contributed by atoms with Gasteiger partial charge in [0.05, 0.1) is 11.0 Å². The molecule has 1 saturated carbocycles. The van der Waals surface area contributed by atoms with Gasteiger partial charge in [-0.1, -0.05) is 11.3 Å². The van der Waals surface area contributed by atoms with E-state index in [0.29, 0.717) is 11.2 Å². The van der Waals surface area contributed by atoms with Gasteiger partial charge in [-0.3, -0.25) is 10.3 Å². The Morgan fingerprint density at radius 3 is 2.75 bits per heavy atom. The molecule has 0 radical (unpaired) electrons. The molecule has 3 rings (SSSR count). The van der Waals surface area contributed by atoms with Crippen molar-refractivity contribution >= 4 is 22.5 Å². The van der Waals surface area contributed by atoms with Crippen molar-refractivity contribution in [3.05, 3.63) is 30.7 Å². The smallest absolute Gasteiger partial charge is 0.321 e. The summed E-state index contributed by atoms with van der Waals surface area (Å²) in [6, 6.07) is 3.87. The summed E-state index contributed by atoms with van der Waals surface area (Å²) >= 11 is 1.45. The van der Waals surface area contributed by atoms with Crippen molar-refractivity contribution in [1.29, 1.82) is 0 Å². The number of rotatable bonds is 5. The summed E-state index contributed by atoms with van der Waals surface area (Å²) in [5.74, 6) is 0. The molecule has 2 amide bonds. The third kappa shape index (κ3) is 4.52. The van der Waals surface area contributed by atoms with Gasteiger partial charge in [0.1, 0.15) is 0 Å². The van der Waals surface area contributed by atoms with Gasteiger partial charge in [-0.2, -0.15) is 0 Å². The second-order valence-electron chi connectivity index (χ2n) is 5.79. The first-order valence-electron chi connectivity index (χ1n) is 8.30. The number of pyridine rings is 1. The van der Waals surface area contributed by atoms with Crippen molar-refractivity contribution in [2.75, 3.05) is 11.9 Å². The number of hydrogen-bond donors (Lipinski definition) is 2. The predicted octanol–water partition coefficient (Wildman–Crippen LogP) is 3.67. The second kappa shape index (κ2) is 8.21. The molecule has 128 valence electrons. The molecule has 1 aliphatic rings. The highest BCUT2D eigenvalue weighted by Gasteiger charge is 2.22. The molecule has 6 nitrogen and oxygen atoms in total. The molecular formula is C17H22N4O2S. The van der Waals surface area contributed by atoms with Gasteiger partial charge in [-0.05, 0) is 50.3 Å². The van der Waals surface area contributed by atoms with Crippen LogP contribution in [0.25, 0.3) is 10.4 Å². The topological polar surface area (TPSA) is 76.1 Å². The Bertz CT molecular complexity index is 654. The van der Waals surface area contributed by atoms with Crippen LogP contribution in [0.1, 0.15) is 32.6 Å². The number of ether oxygens (including phenoxy) is 1. The lowest BCUT2D eigenvalue weighted by molar-refractivity contribution is 0.0313. The van der Waals surface area contributed by atoms with E-state index in [1.165, 1.54) is 11.3 Å². The number of urea groups is 1. The molecule has 2 heterocycles. The predicted molar refractivity (Wildman–Crippen MR) is 95.2 cm³/mol. The van der Waals surface area contributed by atoms with E-state index >= 15 is 0 Å². The fourth-order valence-corrected chi connectivity index (χ4v) is 3.73. The van der Waals surface area contributed by atoms with E-state index < -0.39 is 0 Å². The second-order valence-corrected chi connectivity index (χ2v) is 6.82. The van der Waals surface area contributed by atoms with Crippen LogP contribution < -0.4 is 10.6 Å². The lowest BCUT2D eigenvalue weighted by Gasteiger charge is -2.28. The van der Waals surface area contributed by atoms with Crippen LogP contribution in [0.15, 0.2) is 30.7 Å². The quantitative estimate of drug-likeness (QED) is 0.866. The summed E-state index contributed by atoms with van der Waals surface area (Å²) < 4.78 is 5.64. The van der Waals surface area contributed by atoms with E-state index in [-0.39, 0.29) is 12.1 Å². The van der Waals surface area contributed by atoms with Crippen LogP contribution in [-0.4, -0.2) is 34.8 Å². The van der Waals surface area contributed by atoms with Crippen LogP contribution in [0.2, 0.25) is 0 Å². The van der Waals surface area contributed by atoms with Crippen LogP contribution >= 0.6 is 11.3 Å². The standard InChI is InChI=1S/C17H22N4O2S/c1-2-23-14-5-3-13(4-6-14)20-16(22)21-17-19-11-15(24-17)12-7-9-18-10-8-12/h7-11,13-14H,2-6H2,1H3,(H2,19,20,21,22). The van der Waals surface area contributed by atoms with Crippen molar-refractivity contribution in [2.24, 2.45) is 0 Å². The van der Waals surface area contributed by atoms with Gasteiger partial charge in [0.2, 0.25) is 0 Å². The molecule has 2 aromatic heterocycles. The van der Waals surface area contributed by atoms with Crippen LogP contribution in [0.5, 0.6) is 0 Å². The Balaban J connectivity index is 1.48. The Morgan fingerprint density at radius 2 is 2.04 bits per heavy atom. The first kappa shape index (κ1) is 16.9. The summed E-state index contributed by atoms with van der Waals surface area (Å²) in [4.78, 5) is 21.4. The summed E-state index contributed by atoms with van der Waals surface area (Å²) in [5.41, 5.74) is 1.05. The maximum Gasteiger partial charge on any atom is 0.321 e. The van der Waals surface area contributed by atoms with Crippen molar-refractivity contribution < 1.29 is 9.53 Å². The lowest BCUT2D eigenvalue weighted by atomic mass is 9.93. The lowest BCUT2D eigenvalue weighted by Crippen LogP contribution is -2.41. The van der Waals surface area contributed by atoms with E-state index in [0.717, 1.165) is 42.7 Å². The van der Waals surface area contributed by atoms with Crippen LogP contribution in [0, 0.1) is 0 Å². The molecule has 0 saturated heterocycles. The van der Waals surface area contributed by atoms with Crippen molar-refractivity contribution in [1.82, 2.24) is 15.3 Å². The van der Waals surface area contributed by atoms with Crippen molar-refractivity contribution in [2.45, 2.75) is 44.8 Å². The molecule has 1 aliphatic carbocycles. The third-order valence-electron chi connectivity index (χ3n) is 4.10. The molecule has 1 fully saturated rings. The molecule has 7 heteroatoms. The molecule has 2 N–H and O–H groups in total. The first-order chi connectivity index (χ1) is 11.7. The molecule has 0 unspecified atom stereocenters. The van der Waals surface area contributed by atoms with E-state index in [1.54, 1.807) is 18.6 Å². The Morgan fingerprint density at radius 1 is 1.29 bits per heavy atom. The zero-order valence-corrected chi connectivity index (χ0v) is 14.5. The Hall–Kier alpha value is -1.99. The number of thiazole rings is 1. The van der Waals surface area contributed by atoms with Gasteiger partial charge < -0.3 is 10.1 Å². The molecular weight excluding hydrogens is 324 g/mol. The molecule has 0 atom stereocenters. The number of carbonyl (C=O) groups is 1. The molecule has 0 bridgehead atoms. The normalized spacial score (nSPS) is 20.5. The number of nitrogens with zero attached hydrogens (tertiary/aromatic N) is 2. The number of carbonyl (C=O) groups excluding carboxylic acids is 1. The van der Waals surface area contributed by atoms with E-state index in [4.69, 9.17) is 4.74 Å². The SMILES string of the molecule is CCOC1CCC(NC(=O)Nc2ncc(-c3ccncc3)s2)CC1. The number of hydrogen-bond acceptors (Lipinski definition) is 5. The fourth-order valence-electron chi connectivity index (χ4n) is 2.91. The zero-order valence-electron chi connectivity index (χ0n) is 13.7. The van der Waals surface area contributed by atoms with E-state index in [1.807, 2.05) is 19.1 Å². The van der Waals surface area contributed by atoms with Crippen LogP contribution in [0.3, 0.4) is 0 Å². The average Bonchev–Trinajstić information content (AvgIpc) is 3.06. The van der Waals surface area contributed by atoms with Crippen molar-refractivity contribution in [3.63, 3.8) is 0 Å². The minimum absolute atomic E-state index is 0.189. The van der Waals surface area contributed by atoms with E-state index in [9.17, 15) is 4.79 Å². The molecule has 0 aliphatic heterocycles. The van der Waals surface area contributed by atoms with Crippen LogP contribution in [-0.2, 0) is 4.74 Å². The molecule has 24 heavy (non-hydrogen) atoms. The van der Waals surface area contributed by atoms with Gasteiger partial charge in [0.25, 0.3) is 0 Å². The minimum Gasteiger partial charge on any atom is -0.379 e. The number of anilines is 1. The number of nitrogens with one attached hydrogen (secondary N) is 2. The first-order valence-corrected chi connectivity index (χ1v) is 9.11. The molecule has 0 aromatic carbocycles. The van der Waals surface area contributed by atoms with Gasteiger partial charge in [0, 0.05) is 31.2 Å². The highest BCUT2D eigenvalue weighted by atomic mass is 32.1. The largest absolute Gasteiger partial charge is 0.379 e. The summed E-state index contributed by atoms with van der Waals surface area (Å²) in [5, 5.41) is 6.46. The third-order valence-corrected chi connectivity index (χ3v) is 5.06. The maximum atomic E-state index is 12.1. The fraction of sp³-hybridized carbons (Fsp3) is 0.471. The monoisotopic (exact) mass is 346 g/mol. The highest BCUT2D eigenvalue weighted by molar-refractivity contribution is 7.19. The van der Waals surface area contributed by atoms with Gasteiger partial charge in [-0.15, -0.1) is 0 Å². The Kier molecular flexibility index (Phi) is 5.77. The van der Waals surface area contributed by atoms with Gasteiger partial charge in [-0.25, -0.2) is 9.78 Å². The Labute approximate surface area is 145 Å². The number of aromatic nitrogens is 2.